The molecule has 34 nitrogen and oxygen atoms in total. The van der Waals surface area contributed by atoms with Crippen LogP contribution in [0.4, 0.5) is 5.95 Å². The predicted molar refractivity (Wildman–Crippen MR) is 409 cm³/mol. The number of benzene rings is 5. The quantitative estimate of drug-likeness (QED) is 0.0578. The summed E-state index contributed by atoms with van der Waals surface area (Å²) in [6.45, 7) is 2.57. The minimum atomic E-state index is -0.719. The van der Waals surface area contributed by atoms with Crippen LogP contribution >= 0.6 is 0 Å². The summed E-state index contributed by atoms with van der Waals surface area (Å²) in [5, 5.41) is 75.3. The zero-order valence-corrected chi connectivity index (χ0v) is 61.8. The number of nitrogens with one attached hydrogen (secondary N) is 11. The van der Waals surface area contributed by atoms with E-state index in [1.165, 1.54) is 79.1 Å². The predicted octanol–water partition coefficient (Wildman–Crippen LogP) is 1.84. The van der Waals surface area contributed by atoms with Crippen LogP contribution in [0.1, 0.15) is 152 Å². The number of anilines is 1. The van der Waals surface area contributed by atoms with Crippen LogP contribution in [0, 0.1) is 0 Å². The topological polar surface area (TPSA) is 475 Å². The second-order valence-electron chi connectivity index (χ2n) is 27.2. The molecule has 0 saturated carbocycles. The van der Waals surface area contributed by atoms with Crippen molar-refractivity contribution in [1.29, 1.82) is 0 Å². The number of nitrogens with two attached hydrogens (primary N) is 1. The van der Waals surface area contributed by atoms with Gasteiger partial charge in [-0.3, -0.25) is 67.5 Å². The van der Waals surface area contributed by atoms with Crippen LogP contribution in [0.2, 0.25) is 0 Å². The molecule has 2 aromatic heterocycles. The number of aromatic hydroxyl groups is 4. The number of aromatic amines is 1. The Morgan fingerprint density at radius 2 is 0.793 bits per heavy atom. The van der Waals surface area contributed by atoms with Gasteiger partial charge >= 0.3 is 0 Å². The van der Waals surface area contributed by atoms with Gasteiger partial charge in [-0.15, -0.1) is 0 Å². The van der Waals surface area contributed by atoms with Crippen molar-refractivity contribution in [3.63, 3.8) is 0 Å². The Morgan fingerprint density at radius 1 is 0.432 bits per heavy atom. The van der Waals surface area contributed by atoms with Crippen molar-refractivity contribution in [3.05, 3.63) is 159 Å². The van der Waals surface area contributed by atoms with Crippen molar-refractivity contribution in [2.24, 2.45) is 0 Å². The van der Waals surface area contributed by atoms with Gasteiger partial charge in [0.05, 0.1) is 50.8 Å². The molecular weight excluding hydrogens is 1430 g/mol. The number of fused-ring (bicyclic) bond motifs is 17. The van der Waals surface area contributed by atoms with Crippen LogP contribution in [0.3, 0.4) is 0 Å². The summed E-state index contributed by atoms with van der Waals surface area (Å²) >= 11 is 0. The molecule has 12 bridgehead atoms. The van der Waals surface area contributed by atoms with Crippen LogP contribution in [0.15, 0.2) is 103 Å². The number of H-pyrrole nitrogens is 1. The molecule has 590 valence electrons. The van der Waals surface area contributed by atoms with E-state index in [-0.39, 0.29) is 206 Å². The van der Waals surface area contributed by atoms with E-state index in [4.69, 9.17) is 10.5 Å². The van der Waals surface area contributed by atoms with Crippen molar-refractivity contribution in [1.82, 2.24) is 92.7 Å². The molecule has 11 rings (SSSR count). The number of para-hydroxylation sites is 4. The lowest BCUT2D eigenvalue weighted by atomic mass is 10.0. The molecule has 0 radical (unpaired) electrons. The Balaban J connectivity index is 0.844. The van der Waals surface area contributed by atoms with E-state index in [0.29, 0.717) is 62.8 Å². The monoisotopic (exact) mass is 1530 g/mol. The number of unbranched alkanes of at least 4 members (excludes halogenated alkanes) is 4. The fourth-order valence-corrected chi connectivity index (χ4v) is 13.1. The summed E-state index contributed by atoms with van der Waals surface area (Å²) in [5.41, 5.74) is 7.16. The summed E-state index contributed by atoms with van der Waals surface area (Å²) in [4.78, 5) is 161. The number of hydrogen-bond acceptors (Lipinski definition) is 23. The number of imidazole rings is 1. The molecule has 6 heterocycles. The lowest BCUT2D eigenvalue weighted by molar-refractivity contribution is -0.122. The normalized spacial score (nSPS) is 19.3. The molecule has 3 unspecified atom stereocenters. The second-order valence-corrected chi connectivity index (χ2v) is 27.2. The summed E-state index contributed by atoms with van der Waals surface area (Å²) in [5.74, 6) is -7.64. The van der Waals surface area contributed by atoms with Gasteiger partial charge in [0.25, 0.3) is 47.3 Å². The van der Waals surface area contributed by atoms with Crippen LogP contribution in [0.25, 0.3) is 11.2 Å². The number of amides is 10. The lowest BCUT2D eigenvalue weighted by Crippen LogP contribution is -2.49. The molecular formula is C77H97N19O15. The molecule has 5 aromatic carbocycles. The lowest BCUT2D eigenvalue weighted by Gasteiger charge is -2.31. The van der Waals surface area contributed by atoms with Crippen LogP contribution in [-0.4, -0.2) is 256 Å². The van der Waals surface area contributed by atoms with Crippen molar-refractivity contribution in [2.75, 3.05) is 137 Å². The average Bonchev–Trinajstić information content (AvgIpc) is 1.75. The first-order chi connectivity index (χ1) is 53.8. The molecule has 17 N–H and O–H groups in total. The number of phenolic OH excluding ortho intramolecular Hbond substituents is 4. The third kappa shape index (κ3) is 23.7. The van der Waals surface area contributed by atoms with Crippen molar-refractivity contribution < 1.29 is 73.1 Å². The van der Waals surface area contributed by atoms with Gasteiger partial charge in [0.15, 0.2) is 11.2 Å². The van der Waals surface area contributed by atoms with Gasteiger partial charge in [0, 0.05) is 156 Å². The SMILES string of the molecule is Nc1nc(OCc2ccc(CNC(=O)CCCCCCC(=O)NCCCCC3CN4CCNC(=O)c5cccc(c5O)C(=O)NCCN(CCNC(=O)c5cccc(c5O)C(=O)N3)CCN3CCNC(=O)c5cccc(c5O)C(=O)NCCN(CCNC(=O)c5cccc(c5O)C(=O)NCC3)CC4)cc2)c2nc[nH]c2n1. The van der Waals surface area contributed by atoms with E-state index in [1.54, 1.807) is 0 Å². The standard InChI is InChI=1S/C77H97N19O15/c78-77-91-67-62(88-48-89-67)76(92-77)111-47-50-24-22-49(23-25-50)45-87-61(98)21-4-2-1-3-20-60(97)79-26-6-5-11-51-46-96-40-33-86-73(108)57-17-9-16-56(65(57)101)70(105)82-29-36-94(37-30-85-74(109)58-18-10-19-59(66(58)102)75(110)90-51)42-41-93-34-27-80-68(103)52-12-7-14-54(63(52)99)71(106)83-31-38-95(43-44-96)39-32-84-72(107)55-15-8-13-53(64(55)100)69(104)81-28-35-93/h7-10,12-19,22-25,48,51,99-102H,1-6,11,20-21,26-47H2,(H,79,97)(H,80,103)(H,81,104)(H,82,105)(H,83,106)(H,84,107)(H,85,109)(H,86,108)(H,87,98)(H,90,110)(H3,78,88,89,91,92). The molecule has 0 fully saturated rings. The number of aromatic nitrogens is 4. The van der Waals surface area contributed by atoms with Crippen LogP contribution in [0.5, 0.6) is 28.9 Å². The van der Waals surface area contributed by atoms with Crippen LogP contribution in [-0.2, 0) is 22.7 Å². The maximum Gasteiger partial charge on any atom is 0.255 e. The Morgan fingerprint density at radius 3 is 1.20 bits per heavy atom. The highest BCUT2D eigenvalue weighted by Gasteiger charge is 2.28. The van der Waals surface area contributed by atoms with Gasteiger partial charge in [0.1, 0.15) is 29.6 Å². The molecule has 34 heteroatoms. The van der Waals surface area contributed by atoms with Gasteiger partial charge in [-0.2, -0.15) is 9.97 Å². The van der Waals surface area contributed by atoms with E-state index < -0.39 is 76.3 Å². The third-order valence-electron chi connectivity index (χ3n) is 19.4. The zero-order chi connectivity index (χ0) is 78.6. The first kappa shape index (κ1) is 81.5. The van der Waals surface area contributed by atoms with Gasteiger partial charge in [-0.1, -0.05) is 61.4 Å². The Labute approximate surface area is 640 Å². The molecule has 7 aromatic rings. The fourth-order valence-electron chi connectivity index (χ4n) is 13.1. The largest absolute Gasteiger partial charge is 0.506 e. The molecule has 4 aliphatic heterocycles. The number of carbonyl (C=O) groups is 10. The maximum absolute atomic E-state index is 14.7. The van der Waals surface area contributed by atoms with Gasteiger partial charge < -0.3 is 89.0 Å². The number of rotatable bonds is 17. The van der Waals surface area contributed by atoms with E-state index >= 15 is 0 Å². The Hall–Kier alpha value is -12.0. The maximum atomic E-state index is 14.7. The van der Waals surface area contributed by atoms with E-state index in [0.717, 1.165) is 24.0 Å². The molecule has 3 atom stereocenters. The number of hydrogen-bond donors (Lipinski definition) is 16. The van der Waals surface area contributed by atoms with Crippen molar-refractivity contribution >= 4 is 76.2 Å². The van der Waals surface area contributed by atoms with Crippen molar-refractivity contribution in [3.8, 4) is 28.9 Å². The van der Waals surface area contributed by atoms with Crippen LogP contribution < -0.4 is 63.6 Å². The zero-order valence-electron chi connectivity index (χ0n) is 61.8. The summed E-state index contributed by atoms with van der Waals surface area (Å²) in [6.07, 6.45) is 6.03. The molecule has 10 amide bonds. The van der Waals surface area contributed by atoms with E-state index in [1.807, 2.05) is 43.9 Å². The molecule has 0 saturated heterocycles. The Kier molecular flexibility index (Phi) is 30.1. The van der Waals surface area contributed by atoms with Gasteiger partial charge in [0.2, 0.25) is 23.6 Å². The first-order valence-corrected chi connectivity index (χ1v) is 37.4. The van der Waals surface area contributed by atoms with E-state index in [2.05, 4.69) is 73.1 Å². The number of phenols is 4. The Bertz CT molecular complexity index is 4360. The summed E-state index contributed by atoms with van der Waals surface area (Å²) in [6, 6.07) is 23.9. The molecule has 0 spiro atoms. The van der Waals surface area contributed by atoms with Gasteiger partial charge in [-0.05, 0) is 91.8 Å². The highest BCUT2D eigenvalue weighted by Crippen LogP contribution is 2.28. The number of nitrogen functional groups attached to an aromatic ring is 1. The molecule has 4 aliphatic rings. The highest BCUT2D eigenvalue weighted by molar-refractivity contribution is 6.07. The minimum absolute atomic E-state index is 0.0000550. The van der Waals surface area contributed by atoms with Gasteiger partial charge in [-0.25, -0.2) is 4.98 Å². The first-order valence-electron chi connectivity index (χ1n) is 37.4. The van der Waals surface area contributed by atoms with E-state index in [9.17, 15) is 68.4 Å². The smallest absolute Gasteiger partial charge is 0.255 e. The highest BCUT2D eigenvalue weighted by atomic mass is 16.5. The second kappa shape index (κ2) is 41.0. The number of nitrogens with zero attached hydrogens (tertiary/aromatic N) is 7. The summed E-state index contributed by atoms with van der Waals surface area (Å²) in [7, 11) is 0. The molecule has 111 heavy (non-hydrogen) atoms. The average molecular weight is 1530 g/mol. The number of carbonyl (C=O) groups excluding carboxylic acids is 10. The van der Waals surface area contributed by atoms with Crippen molar-refractivity contribution in [2.45, 2.75) is 77.0 Å². The minimum Gasteiger partial charge on any atom is -0.506 e. The number of ether oxygens (including phenoxy) is 1. The fraction of sp³-hybridized carbons (Fsp3) is 0.416. The summed E-state index contributed by atoms with van der Waals surface area (Å²) < 4.78 is 5.87. The molecule has 0 aliphatic carbocycles. The third-order valence-corrected chi connectivity index (χ3v) is 19.4.